The predicted octanol–water partition coefficient (Wildman–Crippen LogP) is 0.945. The van der Waals surface area contributed by atoms with Crippen molar-refractivity contribution in [2.45, 2.75) is 6.61 Å². The Bertz CT molecular complexity index is 332. The maximum atomic E-state index is 11.0. The summed E-state index contributed by atoms with van der Waals surface area (Å²) in [5, 5.41) is 0. The Morgan fingerprint density at radius 2 is 1.87 bits per heavy atom. The highest BCUT2D eigenvalue weighted by Crippen LogP contribution is 2.00. The van der Waals surface area contributed by atoms with Gasteiger partial charge in [-0.1, -0.05) is 30.3 Å². The topological polar surface area (TPSA) is 52.6 Å². The van der Waals surface area contributed by atoms with Gasteiger partial charge in [-0.05, 0) is 5.56 Å². The molecule has 80 valence electrons. The zero-order valence-corrected chi connectivity index (χ0v) is 8.43. The molecule has 0 aromatic heterocycles. The summed E-state index contributed by atoms with van der Waals surface area (Å²) < 4.78 is 9.30. The lowest BCUT2D eigenvalue weighted by Crippen LogP contribution is -2.20. The largest absolute Gasteiger partial charge is 0.463 e. The first-order chi connectivity index (χ1) is 7.24. The molecule has 0 atom stereocenters. The van der Waals surface area contributed by atoms with Crippen LogP contribution in [0.2, 0.25) is 0 Å². The molecule has 0 saturated heterocycles. The summed E-state index contributed by atoms with van der Waals surface area (Å²) in [5.74, 6) is -1.54. The monoisotopic (exact) mass is 208 g/mol. The highest BCUT2D eigenvalue weighted by atomic mass is 16.5. The molecular weight excluding hydrogens is 196 g/mol. The zero-order chi connectivity index (χ0) is 11.1. The second kappa shape index (κ2) is 5.93. The van der Waals surface area contributed by atoms with Crippen LogP contribution in [0.4, 0.5) is 0 Å². The second-order valence-corrected chi connectivity index (χ2v) is 2.89. The molecule has 0 fully saturated rings. The molecule has 0 heterocycles. The second-order valence-electron chi connectivity index (χ2n) is 2.89. The number of hydrogen-bond donors (Lipinski definition) is 0. The lowest BCUT2D eigenvalue weighted by molar-refractivity contribution is -0.153. The minimum atomic E-state index is -0.872. The molecule has 0 aliphatic rings. The van der Waals surface area contributed by atoms with Gasteiger partial charge < -0.3 is 9.47 Å². The third-order valence-corrected chi connectivity index (χ3v) is 1.76. The van der Waals surface area contributed by atoms with Crippen LogP contribution in [0.15, 0.2) is 30.3 Å². The van der Waals surface area contributed by atoms with Crippen LogP contribution in [0.3, 0.4) is 0 Å². The number of esters is 1. The maximum Gasteiger partial charge on any atom is 0.376 e. The molecule has 0 spiro atoms. The van der Waals surface area contributed by atoms with Crippen molar-refractivity contribution in [1.29, 1.82) is 0 Å². The SMILES string of the molecule is COC(=O)C(=O)COCc1ccccc1. The van der Waals surface area contributed by atoms with Gasteiger partial charge in [0.05, 0.1) is 13.7 Å². The summed E-state index contributed by atoms with van der Waals surface area (Å²) in [7, 11) is 1.16. The quantitative estimate of drug-likeness (QED) is 0.534. The average Bonchev–Trinajstić information content (AvgIpc) is 2.29. The van der Waals surface area contributed by atoms with E-state index in [0.717, 1.165) is 12.7 Å². The van der Waals surface area contributed by atoms with E-state index in [4.69, 9.17) is 4.74 Å². The molecule has 0 radical (unpaired) electrons. The van der Waals surface area contributed by atoms with Crippen LogP contribution in [-0.2, 0) is 25.7 Å². The van der Waals surface area contributed by atoms with Crippen LogP contribution in [0.5, 0.6) is 0 Å². The number of carbonyl (C=O) groups is 2. The van der Waals surface area contributed by atoms with Gasteiger partial charge in [0, 0.05) is 0 Å². The summed E-state index contributed by atoms with van der Waals surface area (Å²) >= 11 is 0. The van der Waals surface area contributed by atoms with Crippen molar-refractivity contribution < 1.29 is 19.1 Å². The summed E-state index contributed by atoms with van der Waals surface area (Å²) in [4.78, 5) is 21.7. The third-order valence-electron chi connectivity index (χ3n) is 1.76. The minimum Gasteiger partial charge on any atom is -0.463 e. The molecule has 0 aliphatic heterocycles. The number of carbonyl (C=O) groups excluding carboxylic acids is 2. The molecule has 4 heteroatoms. The summed E-state index contributed by atoms with van der Waals surface area (Å²) in [6.07, 6.45) is 0. The molecule has 15 heavy (non-hydrogen) atoms. The van der Waals surface area contributed by atoms with Gasteiger partial charge in [-0.25, -0.2) is 4.79 Å². The van der Waals surface area contributed by atoms with E-state index in [2.05, 4.69) is 4.74 Å². The predicted molar refractivity (Wildman–Crippen MR) is 53.1 cm³/mol. The number of ketones is 1. The van der Waals surface area contributed by atoms with Gasteiger partial charge in [0.15, 0.2) is 0 Å². The molecule has 1 rings (SSSR count). The molecule has 0 bridgehead atoms. The molecule has 0 amide bonds. The molecule has 1 aromatic rings. The van der Waals surface area contributed by atoms with E-state index in [1.54, 1.807) is 0 Å². The summed E-state index contributed by atoms with van der Waals surface area (Å²) in [6, 6.07) is 9.40. The lowest BCUT2D eigenvalue weighted by Gasteiger charge is -2.02. The van der Waals surface area contributed by atoms with Crippen molar-refractivity contribution in [2.24, 2.45) is 0 Å². The van der Waals surface area contributed by atoms with Gasteiger partial charge in [-0.2, -0.15) is 0 Å². The normalized spacial score (nSPS) is 9.67. The van der Waals surface area contributed by atoms with E-state index in [1.807, 2.05) is 30.3 Å². The first kappa shape index (κ1) is 11.4. The third kappa shape index (κ3) is 3.91. The van der Waals surface area contributed by atoms with E-state index in [0.29, 0.717) is 6.61 Å². The van der Waals surface area contributed by atoms with E-state index in [9.17, 15) is 9.59 Å². The highest BCUT2D eigenvalue weighted by Gasteiger charge is 2.13. The fourth-order valence-corrected chi connectivity index (χ4v) is 1.01. The molecule has 0 unspecified atom stereocenters. The Kier molecular flexibility index (Phi) is 4.50. The van der Waals surface area contributed by atoms with Crippen molar-refractivity contribution in [3.8, 4) is 0 Å². The van der Waals surface area contributed by atoms with Crippen molar-refractivity contribution in [2.75, 3.05) is 13.7 Å². The van der Waals surface area contributed by atoms with Crippen LogP contribution in [0.25, 0.3) is 0 Å². The summed E-state index contributed by atoms with van der Waals surface area (Å²) in [5.41, 5.74) is 0.954. The van der Waals surface area contributed by atoms with E-state index in [-0.39, 0.29) is 6.61 Å². The van der Waals surface area contributed by atoms with Crippen molar-refractivity contribution in [3.63, 3.8) is 0 Å². The Morgan fingerprint density at radius 3 is 2.47 bits per heavy atom. The zero-order valence-electron chi connectivity index (χ0n) is 8.43. The van der Waals surface area contributed by atoms with Gasteiger partial charge in [0.1, 0.15) is 6.61 Å². The lowest BCUT2D eigenvalue weighted by atomic mass is 10.2. The Balaban J connectivity index is 2.28. The fraction of sp³-hybridized carbons (Fsp3) is 0.273. The molecule has 0 N–H and O–H groups in total. The molecule has 0 saturated carbocycles. The van der Waals surface area contributed by atoms with Crippen molar-refractivity contribution in [1.82, 2.24) is 0 Å². The van der Waals surface area contributed by atoms with Crippen LogP contribution >= 0.6 is 0 Å². The Hall–Kier alpha value is -1.68. The van der Waals surface area contributed by atoms with Crippen LogP contribution in [-0.4, -0.2) is 25.5 Å². The number of methoxy groups -OCH3 is 1. The smallest absolute Gasteiger partial charge is 0.376 e. The first-order valence-electron chi connectivity index (χ1n) is 4.47. The number of rotatable bonds is 5. The number of hydrogen-bond acceptors (Lipinski definition) is 4. The highest BCUT2D eigenvalue weighted by molar-refractivity contribution is 6.34. The van der Waals surface area contributed by atoms with Gasteiger partial charge in [-0.15, -0.1) is 0 Å². The first-order valence-corrected chi connectivity index (χ1v) is 4.47. The fourth-order valence-electron chi connectivity index (χ4n) is 1.01. The number of ether oxygens (including phenoxy) is 2. The Labute approximate surface area is 87.8 Å². The maximum absolute atomic E-state index is 11.0. The van der Waals surface area contributed by atoms with E-state index in [1.165, 1.54) is 0 Å². The van der Waals surface area contributed by atoms with Gasteiger partial charge >= 0.3 is 5.97 Å². The molecule has 4 nitrogen and oxygen atoms in total. The van der Waals surface area contributed by atoms with Crippen LogP contribution in [0, 0.1) is 0 Å². The van der Waals surface area contributed by atoms with Crippen molar-refractivity contribution >= 4 is 11.8 Å². The molecule has 1 aromatic carbocycles. The Morgan fingerprint density at radius 1 is 1.20 bits per heavy atom. The average molecular weight is 208 g/mol. The van der Waals surface area contributed by atoms with Gasteiger partial charge in [0.2, 0.25) is 0 Å². The van der Waals surface area contributed by atoms with Crippen molar-refractivity contribution in [3.05, 3.63) is 35.9 Å². The van der Waals surface area contributed by atoms with E-state index < -0.39 is 11.8 Å². The number of Topliss-reactive ketones (excluding diaryl/α,β-unsaturated/α-hetero) is 1. The number of benzene rings is 1. The van der Waals surface area contributed by atoms with Gasteiger partial charge in [-0.3, -0.25) is 4.79 Å². The summed E-state index contributed by atoms with van der Waals surface area (Å²) in [6.45, 7) is 0.0607. The van der Waals surface area contributed by atoms with Gasteiger partial charge in [0.25, 0.3) is 5.78 Å². The van der Waals surface area contributed by atoms with Crippen LogP contribution < -0.4 is 0 Å². The standard InChI is InChI=1S/C11H12O4/c1-14-11(13)10(12)8-15-7-9-5-3-2-4-6-9/h2-6H,7-8H2,1H3. The molecular formula is C11H12O4. The van der Waals surface area contributed by atoms with Crippen LogP contribution in [0.1, 0.15) is 5.56 Å². The molecule has 0 aliphatic carbocycles. The van der Waals surface area contributed by atoms with E-state index >= 15 is 0 Å². The minimum absolute atomic E-state index is 0.248.